The Hall–Kier alpha value is -1.30. The first-order valence-electron chi connectivity index (χ1n) is 3.59. The van der Waals surface area contributed by atoms with Crippen LogP contribution in [0.5, 0.6) is 0 Å². The van der Waals surface area contributed by atoms with E-state index in [9.17, 15) is 13.6 Å². The summed E-state index contributed by atoms with van der Waals surface area (Å²) < 4.78 is 25.5. The number of carboxylic acids is 1. The number of hydrogen-bond acceptors (Lipinski definition) is 3. The van der Waals surface area contributed by atoms with Crippen molar-refractivity contribution in [2.45, 2.75) is 10.4 Å². The number of thioether (sulfide) groups is 1. The van der Waals surface area contributed by atoms with E-state index in [1.54, 1.807) is 0 Å². The second kappa shape index (κ2) is 4.28. The molecule has 1 aromatic carbocycles. The lowest BCUT2D eigenvalue weighted by Crippen LogP contribution is -2.09. The van der Waals surface area contributed by atoms with Crippen molar-refractivity contribution >= 4 is 23.4 Å². The van der Waals surface area contributed by atoms with Gasteiger partial charge in [-0.2, -0.15) is 0 Å². The Kier molecular flexibility index (Phi) is 3.29. The summed E-state index contributed by atoms with van der Waals surface area (Å²) in [6.45, 7) is 0. The van der Waals surface area contributed by atoms with Crippen LogP contribution in [0.3, 0.4) is 0 Å². The van der Waals surface area contributed by atoms with Crippen LogP contribution < -0.4 is 5.73 Å². The maximum atomic E-state index is 12.8. The second-order valence-electron chi connectivity index (χ2n) is 2.46. The maximum Gasteiger partial charge on any atom is 0.349 e. The summed E-state index contributed by atoms with van der Waals surface area (Å²) in [6.07, 6.45) is 0. The molecule has 0 aliphatic rings. The quantitative estimate of drug-likeness (QED) is 0.601. The van der Waals surface area contributed by atoms with Gasteiger partial charge in [-0.3, -0.25) is 0 Å². The summed E-state index contributed by atoms with van der Waals surface area (Å²) in [4.78, 5) is 10.3. The van der Waals surface area contributed by atoms with Crippen LogP contribution in [0, 0.1) is 5.82 Å². The summed E-state index contributed by atoms with van der Waals surface area (Å²) in [5, 5.41) is 8.25. The highest BCUT2D eigenvalue weighted by atomic mass is 32.2. The molecule has 6 heteroatoms. The molecule has 0 aliphatic heterocycles. The third-order valence-corrected chi connectivity index (χ3v) is 2.34. The number of alkyl halides is 1. The van der Waals surface area contributed by atoms with E-state index in [-0.39, 0.29) is 10.6 Å². The van der Waals surface area contributed by atoms with Crippen molar-refractivity contribution in [1.29, 1.82) is 0 Å². The standard InChI is InChI=1S/C8H7F2NO2S/c9-5-3-4(1-2-6(5)11)14-7(10)8(12)13/h1-3,7H,11H2,(H,12,13). The van der Waals surface area contributed by atoms with Gasteiger partial charge < -0.3 is 10.8 Å². The molecule has 1 aromatic rings. The lowest BCUT2D eigenvalue weighted by atomic mass is 10.3. The fourth-order valence-electron chi connectivity index (χ4n) is 0.751. The minimum atomic E-state index is -2.10. The van der Waals surface area contributed by atoms with Gasteiger partial charge in [0.25, 0.3) is 0 Å². The number of carboxylic acid groups (broad SMARTS) is 1. The molecule has 0 spiro atoms. The van der Waals surface area contributed by atoms with E-state index in [2.05, 4.69) is 0 Å². The minimum absolute atomic E-state index is 0.0555. The molecule has 1 unspecified atom stereocenters. The lowest BCUT2D eigenvalue weighted by molar-refractivity contribution is -0.139. The van der Waals surface area contributed by atoms with Crippen LogP contribution >= 0.6 is 11.8 Å². The van der Waals surface area contributed by atoms with Crippen molar-refractivity contribution in [3.63, 3.8) is 0 Å². The first kappa shape index (κ1) is 10.8. The molecule has 76 valence electrons. The number of aliphatic carboxylic acids is 1. The average Bonchev–Trinajstić information content (AvgIpc) is 2.11. The van der Waals surface area contributed by atoms with Crippen molar-refractivity contribution < 1.29 is 18.7 Å². The molecule has 0 aromatic heterocycles. The van der Waals surface area contributed by atoms with Gasteiger partial charge in [-0.15, -0.1) is 0 Å². The van der Waals surface area contributed by atoms with Crippen LogP contribution in [0.15, 0.2) is 23.1 Å². The number of rotatable bonds is 3. The number of nitrogen functional groups attached to an aromatic ring is 1. The molecule has 0 saturated carbocycles. The predicted octanol–water partition coefficient (Wildman–Crippen LogP) is 1.88. The Bertz CT molecular complexity index is 359. The largest absolute Gasteiger partial charge is 0.478 e. The minimum Gasteiger partial charge on any atom is -0.478 e. The Morgan fingerprint density at radius 3 is 2.71 bits per heavy atom. The zero-order chi connectivity index (χ0) is 10.7. The van der Waals surface area contributed by atoms with E-state index in [1.165, 1.54) is 12.1 Å². The molecule has 0 aliphatic carbocycles. The molecular weight excluding hydrogens is 212 g/mol. The highest BCUT2D eigenvalue weighted by molar-refractivity contribution is 8.00. The third kappa shape index (κ3) is 2.59. The molecule has 0 saturated heterocycles. The van der Waals surface area contributed by atoms with Gasteiger partial charge >= 0.3 is 5.97 Å². The van der Waals surface area contributed by atoms with E-state index in [4.69, 9.17) is 10.8 Å². The number of anilines is 1. The highest BCUT2D eigenvalue weighted by Gasteiger charge is 2.17. The summed E-state index contributed by atoms with van der Waals surface area (Å²) >= 11 is 0.413. The van der Waals surface area contributed by atoms with E-state index in [0.29, 0.717) is 11.8 Å². The molecule has 0 amide bonds. The van der Waals surface area contributed by atoms with Gasteiger partial charge in [0.2, 0.25) is 5.50 Å². The third-order valence-electron chi connectivity index (χ3n) is 1.41. The monoisotopic (exact) mass is 219 g/mol. The number of halogens is 2. The maximum absolute atomic E-state index is 12.8. The Labute approximate surface area is 82.9 Å². The van der Waals surface area contributed by atoms with Crippen LogP contribution in [0.4, 0.5) is 14.5 Å². The Balaban J connectivity index is 2.78. The summed E-state index contributed by atoms with van der Waals surface area (Å²) in [5.74, 6) is -2.28. The predicted molar refractivity (Wildman–Crippen MR) is 49.2 cm³/mol. The van der Waals surface area contributed by atoms with Gasteiger partial charge in [0.05, 0.1) is 5.69 Å². The number of carbonyl (C=O) groups is 1. The molecule has 3 nitrogen and oxygen atoms in total. The van der Waals surface area contributed by atoms with Crippen molar-refractivity contribution in [3.05, 3.63) is 24.0 Å². The van der Waals surface area contributed by atoms with Gasteiger partial charge in [-0.05, 0) is 18.2 Å². The van der Waals surface area contributed by atoms with E-state index in [1.807, 2.05) is 0 Å². The first-order chi connectivity index (χ1) is 6.50. The Morgan fingerprint density at radius 1 is 1.57 bits per heavy atom. The fourth-order valence-corrected chi connectivity index (χ4v) is 1.41. The van der Waals surface area contributed by atoms with Gasteiger partial charge in [0.15, 0.2) is 0 Å². The topological polar surface area (TPSA) is 63.3 Å². The normalized spacial score (nSPS) is 12.4. The van der Waals surface area contributed by atoms with E-state index < -0.39 is 17.3 Å². The average molecular weight is 219 g/mol. The van der Waals surface area contributed by atoms with Crippen molar-refractivity contribution in [3.8, 4) is 0 Å². The van der Waals surface area contributed by atoms with Gasteiger partial charge in [-0.25, -0.2) is 13.6 Å². The number of nitrogens with two attached hydrogens (primary N) is 1. The molecule has 1 rings (SSSR count). The van der Waals surface area contributed by atoms with E-state index in [0.717, 1.165) is 6.07 Å². The zero-order valence-corrected chi connectivity index (χ0v) is 7.72. The summed E-state index contributed by atoms with van der Waals surface area (Å²) in [5.41, 5.74) is 3.03. The van der Waals surface area contributed by atoms with Crippen LogP contribution in [-0.2, 0) is 4.79 Å². The van der Waals surface area contributed by atoms with Crippen molar-refractivity contribution in [1.82, 2.24) is 0 Å². The molecule has 1 atom stereocenters. The molecule has 14 heavy (non-hydrogen) atoms. The van der Waals surface area contributed by atoms with Crippen LogP contribution in [-0.4, -0.2) is 16.6 Å². The summed E-state index contributed by atoms with van der Waals surface area (Å²) in [6, 6.07) is 3.61. The van der Waals surface area contributed by atoms with E-state index >= 15 is 0 Å². The van der Waals surface area contributed by atoms with Crippen LogP contribution in [0.2, 0.25) is 0 Å². The molecular formula is C8H7F2NO2S. The molecule has 0 heterocycles. The molecule has 3 N–H and O–H groups in total. The van der Waals surface area contributed by atoms with Crippen molar-refractivity contribution in [2.75, 3.05) is 5.73 Å². The molecule has 0 radical (unpaired) electrons. The van der Waals surface area contributed by atoms with Gasteiger partial charge in [-0.1, -0.05) is 11.8 Å². The van der Waals surface area contributed by atoms with Gasteiger partial charge in [0.1, 0.15) is 5.82 Å². The fraction of sp³-hybridized carbons (Fsp3) is 0.125. The van der Waals surface area contributed by atoms with Gasteiger partial charge in [0, 0.05) is 4.90 Å². The number of benzene rings is 1. The lowest BCUT2D eigenvalue weighted by Gasteiger charge is -2.03. The first-order valence-corrected chi connectivity index (χ1v) is 4.47. The van der Waals surface area contributed by atoms with Crippen LogP contribution in [0.25, 0.3) is 0 Å². The zero-order valence-electron chi connectivity index (χ0n) is 6.91. The second-order valence-corrected chi connectivity index (χ2v) is 3.58. The SMILES string of the molecule is Nc1ccc(SC(F)C(=O)O)cc1F. The molecule has 0 bridgehead atoms. The molecule has 0 fully saturated rings. The Morgan fingerprint density at radius 2 is 2.21 bits per heavy atom. The summed E-state index contributed by atoms with van der Waals surface area (Å²) in [7, 11) is 0. The van der Waals surface area contributed by atoms with Crippen LogP contribution in [0.1, 0.15) is 0 Å². The highest BCUT2D eigenvalue weighted by Crippen LogP contribution is 2.26. The number of hydrogen-bond donors (Lipinski definition) is 2. The van der Waals surface area contributed by atoms with Crippen molar-refractivity contribution in [2.24, 2.45) is 0 Å². The smallest absolute Gasteiger partial charge is 0.349 e.